The molecule has 0 aromatic heterocycles. The second-order valence-corrected chi connectivity index (χ2v) is 13.2. The number of fused-ring (bicyclic) bond motifs is 1. The van der Waals surface area contributed by atoms with Crippen LogP contribution in [0.2, 0.25) is 0 Å². The van der Waals surface area contributed by atoms with Crippen LogP contribution in [0.3, 0.4) is 0 Å². The van der Waals surface area contributed by atoms with Gasteiger partial charge in [-0.2, -0.15) is 10.2 Å². The Morgan fingerprint density at radius 3 is 2.00 bits per heavy atom. The van der Waals surface area contributed by atoms with Crippen LogP contribution in [-0.4, -0.2) is 88.9 Å². The quantitative estimate of drug-likeness (QED) is 0.108. The Kier molecular flexibility index (Phi) is 21.8. The van der Waals surface area contributed by atoms with Crippen molar-refractivity contribution in [3.63, 3.8) is 0 Å². The van der Waals surface area contributed by atoms with Crippen LogP contribution in [0.5, 0.6) is 0 Å². The van der Waals surface area contributed by atoms with Gasteiger partial charge < -0.3 is 36.1 Å². The number of ether oxygens (including phenoxy) is 2. The van der Waals surface area contributed by atoms with E-state index in [4.69, 9.17) is 9.47 Å². The van der Waals surface area contributed by atoms with Gasteiger partial charge in [0.2, 0.25) is 17.7 Å². The first-order valence-corrected chi connectivity index (χ1v) is 17.7. The molecular weight excluding hydrogens is 614 g/mol. The van der Waals surface area contributed by atoms with E-state index in [0.29, 0.717) is 51.9 Å². The largest absolute Gasteiger partial charge is 0.449 e. The minimum Gasteiger partial charge on any atom is -0.449 e. The number of carbonyl (C=O) groups excluding carboxylic acids is 4. The Labute approximate surface area is 290 Å². The Hall–Kier alpha value is -3.06. The summed E-state index contributed by atoms with van der Waals surface area (Å²) >= 11 is 0. The Balaban J connectivity index is 0.00000531. The van der Waals surface area contributed by atoms with Crippen LogP contribution in [0, 0.1) is 16.7 Å². The molecule has 13 heteroatoms. The number of carbonyl (C=O) groups is 4. The molecule has 1 fully saturated rings. The van der Waals surface area contributed by atoms with Crippen molar-refractivity contribution in [1.29, 1.82) is 0 Å². The van der Waals surface area contributed by atoms with Crippen LogP contribution in [0.1, 0.15) is 108 Å². The summed E-state index contributed by atoms with van der Waals surface area (Å²) in [6.07, 6.45) is 3.62. The second-order valence-electron chi connectivity index (χ2n) is 13.2. The van der Waals surface area contributed by atoms with Crippen LogP contribution < -0.4 is 26.6 Å². The molecule has 4 amide bonds. The van der Waals surface area contributed by atoms with Crippen LogP contribution in [0.4, 0.5) is 4.79 Å². The highest BCUT2D eigenvalue weighted by Gasteiger charge is 2.69. The molecular formula is C35H67N7O6. The molecule has 0 bridgehead atoms. The van der Waals surface area contributed by atoms with Crippen LogP contribution in [0.25, 0.3) is 0 Å². The zero-order valence-electron chi connectivity index (χ0n) is 31.8. The number of rotatable bonds is 17. The van der Waals surface area contributed by atoms with Crippen LogP contribution in [-0.2, 0) is 23.9 Å². The molecule has 0 aromatic carbocycles. The summed E-state index contributed by atoms with van der Waals surface area (Å²) in [5.41, 5.74) is 2.33. The lowest BCUT2D eigenvalue weighted by atomic mass is 9.84. The third-order valence-electron chi connectivity index (χ3n) is 8.86. The fraction of sp³-hybridized carbons (Fsp3) is 0.829. The summed E-state index contributed by atoms with van der Waals surface area (Å²) in [5.74, 6) is -0.550. The maximum absolute atomic E-state index is 12.3. The maximum atomic E-state index is 12.3. The number of amides is 4. The minimum atomic E-state index is -0.399. The number of azo groups is 1. The summed E-state index contributed by atoms with van der Waals surface area (Å²) in [6, 6.07) is 0. The van der Waals surface area contributed by atoms with Gasteiger partial charge in [0.15, 0.2) is 0 Å². The molecule has 278 valence electrons. The molecule has 13 nitrogen and oxygen atoms in total. The molecule has 48 heavy (non-hydrogen) atoms. The van der Waals surface area contributed by atoms with Gasteiger partial charge in [0.05, 0.1) is 32.1 Å². The Morgan fingerprint density at radius 2 is 1.40 bits per heavy atom. The van der Waals surface area contributed by atoms with Crippen molar-refractivity contribution in [2.75, 3.05) is 59.6 Å². The number of hydrogen-bond donors (Lipinski definition) is 5. The molecule has 5 N–H and O–H groups in total. The van der Waals surface area contributed by atoms with Crippen LogP contribution in [0.15, 0.2) is 21.5 Å². The Morgan fingerprint density at radius 1 is 0.812 bits per heavy atom. The van der Waals surface area contributed by atoms with E-state index in [1.165, 1.54) is 5.57 Å². The van der Waals surface area contributed by atoms with E-state index in [0.717, 1.165) is 31.4 Å². The molecule has 2 aliphatic rings. The lowest BCUT2D eigenvalue weighted by molar-refractivity contribution is -0.128. The van der Waals surface area contributed by atoms with E-state index in [-0.39, 0.29) is 53.5 Å². The van der Waals surface area contributed by atoms with Gasteiger partial charge in [0.1, 0.15) is 0 Å². The Bertz CT molecular complexity index is 1060. The van der Waals surface area contributed by atoms with Gasteiger partial charge in [-0.3, -0.25) is 14.4 Å². The lowest BCUT2D eigenvalue weighted by Crippen LogP contribution is -2.45. The van der Waals surface area contributed by atoms with Crippen LogP contribution >= 0.6 is 0 Å². The SMILES string of the molecule is CC.CC.CN=N/C1=C(\C)CC[C@@]2(C)[C@@H](COC(=O)NCCNCCOCCNC(=O)CCC(=O)NCC(=O)NC(C)(C)C)[C@@]2(C)CC1. The topological polar surface area (TPSA) is 172 Å². The molecule has 2 rings (SSSR count). The smallest absolute Gasteiger partial charge is 0.407 e. The molecule has 0 spiro atoms. The predicted octanol–water partition coefficient (Wildman–Crippen LogP) is 4.87. The van der Waals surface area contributed by atoms with Gasteiger partial charge in [0.25, 0.3) is 0 Å². The third-order valence-corrected chi connectivity index (χ3v) is 8.86. The highest BCUT2D eigenvalue weighted by Crippen LogP contribution is 2.74. The third kappa shape index (κ3) is 16.4. The number of nitrogens with one attached hydrogen (secondary N) is 5. The van der Waals surface area contributed by atoms with Crippen molar-refractivity contribution in [2.45, 2.75) is 113 Å². The average molecular weight is 682 g/mol. The standard InChI is InChI=1S/C31H55N7O6.2C2H6/c1-22-10-12-30(5)24(31(30,6)13-11-23(22)38-32-7)21-44-28(42)35-15-14-33-16-18-43-19-17-34-25(39)8-9-26(40)36-20-27(41)37-29(2,3)4;2*1-2/h24,33H,8-21H2,1-7H3,(H,34,39)(H,35,42)(H,36,40)(H,37,41);2*1-2H3/b23-22+,38-32?;;/t24-,30+,31-;;/m1../s1. The first kappa shape index (κ1) is 44.9. The number of hydrogen-bond acceptors (Lipinski definition) is 9. The zero-order valence-corrected chi connectivity index (χ0v) is 31.8. The summed E-state index contributed by atoms with van der Waals surface area (Å²) < 4.78 is 11.1. The number of allylic oxidation sites excluding steroid dienone is 2. The summed E-state index contributed by atoms with van der Waals surface area (Å²) in [6.45, 7) is 23.4. The number of alkyl carbamates (subject to hydrolysis) is 1. The summed E-state index contributed by atoms with van der Waals surface area (Å²) in [5, 5.41) is 22.3. The maximum Gasteiger partial charge on any atom is 0.407 e. The number of nitrogens with zero attached hydrogens (tertiary/aromatic N) is 2. The van der Waals surface area contributed by atoms with Gasteiger partial charge in [-0.1, -0.05) is 41.5 Å². The predicted molar refractivity (Wildman–Crippen MR) is 191 cm³/mol. The molecule has 0 unspecified atom stereocenters. The van der Waals surface area contributed by atoms with E-state index in [2.05, 4.69) is 57.6 Å². The van der Waals surface area contributed by atoms with Gasteiger partial charge in [-0.25, -0.2) is 4.79 Å². The normalized spacial score (nSPS) is 23.1. The van der Waals surface area contributed by atoms with Crippen molar-refractivity contribution >= 4 is 23.8 Å². The van der Waals surface area contributed by atoms with Gasteiger partial charge >= 0.3 is 6.09 Å². The molecule has 0 heterocycles. The van der Waals surface area contributed by atoms with Gasteiger partial charge in [-0.15, -0.1) is 0 Å². The first-order chi connectivity index (χ1) is 22.7. The average Bonchev–Trinajstić information content (AvgIpc) is 3.51. The van der Waals surface area contributed by atoms with Crippen molar-refractivity contribution in [2.24, 2.45) is 27.0 Å². The molecule has 0 aromatic rings. The fourth-order valence-corrected chi connectivity index (χ4v) is 5.94. The molecule has 0 aliphatic heterocycles. The van der Waals surface area contributed by atoms with E-state index in [9.17, 15) is 19.2 Å². The lowest BCUT2D eigenvalue weighted by Gasteiger charge is -2.22. The zero-order chi connectivity index (χ0) is 36.8. The second kappa shape index (κ2) is 23.3. The summed E-state index contributed by atoms with van der Waals surface area (Å²) in [7, 11) is 1.71. The minimum absolute atomic E-state index is 0.00563. The van der Waals surface area contributed by atoms with E-state index < -0.39 is 6.09 Å². The molecule has 0 saturated heterocycles. The molecule has 2 aliphatic carbocycles. The molecule has 1 saturated carbocycles. The van der Waals surface area contributed by atoms with Crippen molar-refractivity contribution < 1.29 is 28.7 Å². The summed E-state index contributed by atoms with van der Waals surface area (Å²) in [4.78, 5) is 47.7. The van der Waals surface area contributed by atoms with E-state index in [1.54, 1.807) is 7.05 Å². The van der Waals surface area contributed by atoms with Crippen molar-refractivity contribution in [3.8, 4) is 0 Å². The van der Waals surface area contributed by atoms with E-state index in [1.807, 2.05) is 48.5 Å². The first-order valence-electron chi connectivity index (χ1n) is 17.7. The van der Waals surface area contributed by atoms with Gasteiger partial charge in [-0.05, 0) is 69.8 Å². The van der Waals surface area contributed by atoms with E-state index >= 15 is 0 Å². The van der Waals surface area contributed by atoms with Gasteiger partial charge in [0, 0.05) is 57.5 Å². The fourth-order valence-electron chi connectivity index (χ4n) is 5.94. The van der Waals surface area contributed by atoms with Crippen molar-refractivity contribution in [1.82, 2.24) is 26.6 Å². The highest BCUT2D eigenvalue weighted by molar-refractivity contribution is 5.87. The molecule has 0 radical (unpaired) electrons. The monoisotopic (exact) mass is 682 g/mol. The molecule has 3 atom stereocenters. The van der Waals surface area contributed by atoms with Crippen molar-refractivity contribution in [3.05, 3.63) is 11.3 Å². The highest BCUT2D eigenvalue weighted by atomic mass is 16.5.